The normalized spacial score (nSPS) is 16.6. The average Bonchev–Trinajstić information content (AvgIpc) is 2.81. The molecule has 0 radical (unpaired) electrons. The fourth-order valence-corrected chi connectivity index (χ4v) is 1.75. The van der Waals surface area contributed by atoms with Crippen LogP contribution in [-0.4, -0.2) is 18.1 Å². The first-order valence-electron chi connectivity index (χ1n) is 5.22. The molecule has 1 fully saturated rings. The van der Waals surface area contributed by atoms with Crippen LogP contribution in [0.2, 0.25) is 0 Å². The van der Waals surface area contributed by atoms with Crippen LogP contribution in [0.3, 0.4) is 0 Å². The van der Waals surface area contributed by atoms with Crippen molar-refractivity contribution >= 4 is 5.69 Å². The van der Waals surface area contributed by atoms with E-state index in [1.165, 1.54) is 6.07 Å². The lowest BCUT2D eigenvalue weighted by Gasteiger charge is -2.10. The standard InChI is InChI=1S/C11H13NO4/c1-2-8-3-4-9(7-10(8)12(13)14)11-15-5-6-16-11/h3-4,7,11H,2,5-6H2,1H3. The van der Waals surface area contributed by atoms with Gasteiger partial charge in [-0.05, 0) is 6.42 Å². The van der Waals surface area contributed by atoms with E-state index in [0.717, 1.165) is 5.56 Å². The highest BCUT2D eigenvalue weighted by atomic mass is 16.7. The molecule has 1 heterocycles. The third-order valence-electron chi connectivity index (χ3n) is 2.58. The zero-order valence-corrected chi connectivity index (χ0v) is 9.01. The second-order valence-electron chi connectivity index (χ2n) is 3.57. The molecule has 0 amide bonds. The van der Waals surface area contributed by atoms with Gasteiger partial charge < -0.3 is 9.47 Å². The van der Waals surface area contributed by atoms with Crippen molar-refractivity contribution in [3.63, 3.8) is 0 Å². The predicted octanol–water partition coefficient (Wildman–Crippen LogP) is 2.20. The molecule has 16 heavy (non-hydrogen) atoms. The van der Waals surface area contributed by atoms with E-state index >= 15 is 0 Å². The molecule has 0 aromatic heterocycles. The number of nitro benzene ring substituents is 1. The summed E-state index contributed by atoms with van der Waals surface area (Å²) >= 11 is 0. The molecule has 1 aromatic carbocycles. The van der Waals surface area contributed by atoms with Gasteiger partial charge in [0.05, 0.1) is 18.1 Å². The van der Waals surface area contributed by atoms with Crippen molar-refractivity contribution in [2.75, 3.05) is 13.2 Å². The Morgan fingerprint density at radius 1 is 1.44 bits per heavy atom. The van der Waals surface area contributed by atoms with E-state index in [9.17, 15) is 10.1 Å². The summed E-state index contributed by atoms with van der Waals surface area (Å²) in [5.41, 5.74) is 1.58. The van der Waals surface area contributed by atoms with Crippen LogP contribution in [0, 0.1) is 10.1 Å². The van der Waals surface area contributed by atoms with Crippen molar-refractivity contribution in [2.45, 2.75) is 19.6 Å². The Hall–Kier alpha value is -1.46. The Bertz CT molecular complexity index is 399. The highest BCUT2D eigenvalue weighted by Crippen LogP contribution is 2.28. The number of hydrogen-bond donors (Lipinski definition) is 0. The molecule has 86 valence electrons. The van der Waals surface area contributed by atoms with Gasteiger partial charge >= 0.3 is 0 Å². The van der Waals surface area contributed by atoms with Crippen molar-refractivity contribution in [3.8, 4) is 0 Å². The molecule has 0 bridgehead atoms. The molecule has 1 aliphatic heterocycles. The maximum Gasteiger partial charge on any atom is 0.273 e. The molecular formula is C11H13NO4. The smallest absolute Gasteiger partial charge is 0.273 e. The summed E-state index contributed by atoms with van der Waals surface area (Å²) in [5, 5.41) is 10.9. The van der Waals surface area contributed by atoms with Crippen molar-refractivity contribution < 1.29 is 14.4 Å². The topological polar surface area (TPSA) is 61.6 Å². The molecular weight excluding hydrogens is 210 g/mol. The van der Waals surface area contributed by atoms with Crippen molar-refractivity contribution in [1.29, 1.82) is 0 Å². The maximum atomic E-state index is 10.9. The number of aryl methyl sites for hydroxylation is 1. The number of hydrogen-bond acceptors (Lipinski definition) is 4. The lowest BCUT2D eigenvalue weighted by atomic mass is 10.1. The van der Waals surface area contributed by atoms with Crippen molar-refractivity contribution in [3.05, 3.63) is 39.4 Å². The van der Waals surface area contributed by atoms with E-state index in [-0.39, 0.29) is 10.6 Å². The molecule has 1 saturated heterocycles. The van der Waals surface area contributed by atoms with E-state index in [2.05, 4.69) is 0 Å². The maximum absolute atomic E-state index is 10.9. The highest BCUT2D eigenvalue weighted by Gasteiger charge is 2.22. The van der Waals surface area contributed by atoms with Crippen molar-refractivity contribution in [1.82, 2.24) is 0 Å². The fraction of sp³-hybridized carbons (Fsp3) is 0.455. The summed E-state index contributed by atoms with van der Waals surface area (Å²) in [5.74, 6) is 0. The number of nitrogens with zero attached hydrogens (tertiary/aromatic N) is 1. The minimum absolute atomic E-state index is 0.138. The van der Waals surface area contributed by atoms with Gasteiger partial charge in [-0.15, -0.1) is 0 Å². The second kappa shape index (κ2) is 4.59. The largest absolute Gasteiger partial charge is 0.346 e. The van der Waals surface area contributed by atoms with Gasteiger partial charge in [0.1, 0.15) is 0 Å². The fourth-order valence-electron chi connectivity index (χ4n) is 1.75. The first-order valence-corrected chi connectivity index (χ1v) is 5.22. The molecule has 0 atom stereocenters. The molecule has 0 N–H and O–H groups in total. The monoisotopic (exact) mass is 223 g/mol. The van der Waals surface area contributed by atoms with Crippen LogP contribution < -0.4 is 0 Å². The van der Waals surface area contributed by atoms with Crippen molar-refractivity contribution in [2.24, 2.45) is 0 Å². The van der Waals surface area contributed by atoms with E-state index in [1.54, 1.807) is 6.07 Å². The van der Waals surface area contributed by atoms with Crippen LogP contribution in [0.4, 0.5) is 5.69 Å². The van der Waals surface area contributed by atoms with E-state index in [4.69, 9.17) is 9.47 Å². The number of rotatable bonds is 3. The SMILES string of the molecule is CCc1ccc(C2OCCO2)cc1[N+](=O)[O-]. The zero-order valence-electron chi connectivity index (χ0n) is 9.01. The van der Waals surface area contributed by atoms with Gasteiger partial charge in [-0.25, -0.2) is 0 Å². The molecule has 1 aliphatic rings. The number of benzene rings is 1. The predicted molar refractivity (Wildman–Crippen MR) is 57.1 cm³/mol. The van der Waals surface area contributed by atoms with Crippen LogP contribution in [0.15, 0.2) is 18.2 Å². The van der Waals surface area contributed by atoms with Gasteiger partial charge in [0.15, 0.2) is 6.29 Å². The second-order valence-corrected chi connectivity index (χ2v) is 3.57. The Balaban J connectivity index is 2.34. The summed E-state index contributed by atoms with van der Waals surface area (Å²) in [6.45, 7) is 2.96. The molecule has 5 heteroatoms. The minimum atomic E-state index is -0.454. The summed E-state index contributed by atoms with van der Waals surface area (Å²) in [6, 6.07) is 5.12. The first kappa shape index (κ1) is 11.0. The lowest BCUT2D eigenvalue weighted by molar-refractivity contribution is -0.385. The summed E-state index contributed by atoms with van der Waals surface area (Å²) in [4.78, 5) is 10.5. The quantitative estimate of drug-likeness (QED) is 0.582. The molecule has 2 rings (SSSR count). The van der Waals surface area contributed by atoms with Gasteiger partial charge in [-0.2, -0.15) is 0 Å². The van der Waals surface area contributed by atoms with Gasteiger partial charge in [0, 0.05) is 17.2 Å². The molecule has 0 spiro atoms. The van der Waals surface area contributed by atoms with Crippen LogP contribution in [-0.2, 0) is 15.9 Å². The number of ether oxygens (including phenoxy) is 2. The Kier molecular flexibility index (Phi) is 3.17. The third kappa shape index (κ3) is 2.05. The zero-order chi connectivity index (χ0) is 11.5. The lowest BCUT2D eigenvalue weighted by Crippen LogP contribution is -2.01. The van der Waals surface area contributed by atoms with Crippen LogP contribution >= 0.6 is 0 Å². The molecule has 0 aliphatic carbocycles. The Labute approximate surface area is 93.1 Å². The number of nitro groups is 1. The Morgan fingerprint density at radius 2 is 2.12 bits per heavy atom. The third-order valence-corrected chi connectivity index (χ3v) is 2.58. The van der Waals surface area contributed by atoms with Crippen LogP contribution in [0.1, 0.15) is 24.3 Å². The van der Waals surface area contributed by atoms with Gasteiger partial charge in [0.25, 0.3) is 5.69 Å². The van der Waals surface area contributed by atoms with Gasteiger partial charge in [-0.1, -0.05) is 19.1 Å². The van der Waals surface area contributed by atoms with E-state index in [0.29, 0.717) is 25.2 Å². The molecule has 0 saturated carbocycles. The van der Waals surface area contributed by atoms with Gasteiger partial charge in [-0.3, -0.25) is 10.1 Å². The van der Waals surface area contributed by atoms with Crippen LogP contribution in [0.25, 0.3) is 0 Å². The highest BCUT2D eigenvalue weighted by molar-refractivity contribution is 5.43. The molecule has 0 unspecified atom stereocenters. The van der Waals surface area contributed by atoms with Crippen LogP contribution in [0.5, 0.6) is 0 Å². The minimum Gasteiger partial charge on any atom is -0.346 e. The van der Waals surface area contributed by atoms with E-state index < -0.39 is 6.29 Å². The average molecular weight is 223 g/mol. The first-order chi connectivity index (χ1) is 7.72. The summed E-state index contributed by atoms with van der Waals surface area (Å²) < 4.78 is 10.6. The molecule has 1 aromatic rings. The Morgan fingerprint density at radius 3 is 2.69 bits per heavy atom. The van der Waals surface area contributed by atoms with E-state index in [1.807, 2.05) is 13.0 Å². The van der Waals surface area contributed by atoms with Gasteiger partial charge in [0.2, 0.25) is 0 Å². The molecule has 5 nitrogen and oxygen atoms in total. The summed E-state index contributed by atoms with van der Waals surface area (Å²) in [7, 11) is 0. The summed E-state index contributed by atoms with van der Waals surface area (Å²) in [6.07, 6.45) is 0.188.